The van der Waals surface area contributed by atoms with Gasteiger partial charge in [-0.25, -0.2) is 9.82 Å². The first-order valence-corrected chi connectivity index (χ1v) is 8.06. The zero-order valence-electron chi connectivity index (χ0n) is 14.4. The molecule has 1 aromatic heterocycles. The van der Waals surface area contributed by atoms with Crippen molar-refractivity contribution in [3.63, 3.8) is 0 Å². The van der Waals surface area contributed by atoms with Crippen molar-refractivity contribution < 1.29 is 23.3 Å². The fourth-order valence-corrected chi connectivity index (χ4v) is 2.23. The average molecular weight is 383 g/mol. The molecule has 0 radical (unpaired) electrons. The molecule has 0 aliphatic heterocycles. The van der Waals surface area contributed by atoms with Crippen LogP contribution >= 0.6 is 0 Å². The van der Waals surface area contributed by atoms with Gasteiger partial charge in [-0.05, 0) is 36.4 Å². The van der Waals surface area contributed by atoms with Crippen LogP contribution in [0.3, 0.4) is 0 Å². The number of hydrogen-bond acceptors (Lipinski definition) is 6. The molecule has 1 heterocycles. The highest BCUT2D eigenvalue weighted by Gasteiger charge is 2.08. The number of non-ortho nitro benzene ring substituents is 1. The molecule has 28 heavy (non-hydrogen) atoms. The van der Waals surface area contributed by atoms with Gasteiger partial charge in [-0.2, -0.15) is 5.10 Å². The Hall–Kier alpha value is -4.01. The van der Waals surface area contributed by atoms with Gasteiger partial charge in [0.15, 0.2) is 6.61 Å². The van der Waals surface area contributed by atoms with Crippen LogP contribution in [0.2, 0.25) is 0 Å². The third kappa shape index (κ3) is 5.01. The normalized spacial score (nSPS) is 10.8. The summed E-state index contributed by atoms with van der Waals surface area (Å²) >= 11 is 0. The number of nitrogens with one attached hydrogen (secondary N) is 1. The highest BCUT2D eigenvalue weighted by molar-refractivity contribution is 5.81. The number of benzene rings is 2. The van der Waals surface area contributed by atoms with Crippen LogP contribution in [0.15, 0.2) is 70.2 Å². The smallest absolute Gasteiger partial charge is 0.277 e. The molecule has 0 fully saturated rings. The van der Waals surface area contributed by atoms with Crippen molar-refractivity contribution in [2.24, 2.45) is 5.10 Å². The summed E-state index contributed by atoms with van der Waals surface area (Å²) < 4.78 is 23.7. The SMILES string of the molecule is O=C(COc1cccc(F)c1)N/N=C\c1ccc(-c2ccc([N+](=O)[O-])cc2)o1. The van der Waals surface area contributed by atoms with E-state index in [0.29, 0.717) is 17.1 Å². The number of halogens is 1. The molecule has 1 amide bonds. The van der Waals surface area contributed by atoms with Crippen molar-refractivity contribution in [3.8, 4) is 17.1 Å². The molecule has 0 spiro atoms. The molecule has 9 heteroatoms. The Bertz CT molecular complexity index is 1010. The van der Waals surface area contributed by atoms with Crippen molar-refractivity contribution in [2.75, 3.05) is 6.61 Å². The predicted octanol–water partition coefficient (Wildman–Crippen LogP) is 3.52. The number of carbonyl (C=O) groups is 1. The summed E-state index contributed by atoms with van der Waals surface area (Å²) in [5.74, 6) is 0.120. The maximum atomic E-state index is 13.0. The third-order valence-corrected chi connectivity index (χ3v) is 3.54. The number of carbonyl (C=O) groups excluding carboxylic acids is 1. The zero-order valence-corrected chi connectivity index (χ0v) is 14.4. The Labute approximate surface area is 158 Å². The van der Waals surface area contributed by atoms with Gasteiger partial charge in [-0.3, -0.25) is 14.9 Å². The van der Waals surface area contributed by atoms with Gasteiger partial charge >= 0.3 is 0 Å². The summed E-state index contributed by atoms with van der Waals surface area (Å²) in [5, 5.41) is 14.4. The van der Waals surface area contributed by atoms with E-state index in [4.69, 9.17) is 9.15 Å². The lowest BCUT2D eigenvalue weighted by molar-refractivity contribution is -0.384. The first-order valence-electron chi connectivity index (χ1n) is 8.06. The highest BCUT2D eigenvalue weighted by Crippen LogP contribution is 2.24. The second-order valence-electron chi connectivity index (χ2n) is 5.55. The summed E-state index contributed by atoms with van der Waals surface area (Å²) in [4.78, 5) is 21.9. The van der Waals surface area contributed by atoms with E-state index < -0.39 is 16.6 Å². The van der Waals surface area contributed by atoms with E-state index in [1.54, 1.807) is 24.3 Å². The van der Waals surface area contributed by atoms with E-state index in [0.717, 1.165) is 0 Å². The average Bonchev–Trinajstić information content (AvgIpc) is 3.15. The Balaban J connectivity index is 1.52. The second-order valence-corrected chi connectivity index (χ2v) is 5.55. The number of nitro groups is 1. The largest absolute Gasteiger partial charge is 0.484 e. The summed E-state index contributed by atoms with van der Waals surface area (Å²) in [7, 11) is 0. The molecule has 0 bridgehead atoms. The molecule has 0 unspecified atom stereocenters. The quantitative estimate of drug-likeness (QED) is 0.382. The summed E-state index contributed by atoms with van der Waals surface area (Å²) in [5.41, 5.74) is 2.91. The molecule has 8 nitrogen and oxygen atoms in total. The highest BCUT2D eigenvalue weighted by atomic mass is 19.1. The first-order chi connectivity index (χ1) is 13.5. The Morgan fingerprint density at radius 2 is 2.00 bits per heavy atom. The number of amides is 1. The number of nitro benzene ring substituents is 1. The van der Waals surface area contributed by atoms with Gasteiger partial charge in [0, 0.05) is 23.8 Å². The van der Waals surface area contributed by atoms with E-state index >= 15 is 0 Å². The fraction of sp³-hybridized carbons (Fsp3) is 0.0526. The topological polar surface area (TPSA) is 107 Å². The molecular weight excluding hydrogens is 369 g/mol. The van der Waals surface area contributed by atoms with Crippen molar-refractivity contribution in [3.05, 3.63) is 82.4 Å². The van der Waals surface area contributed by atoms with E-state index in [2.05, 4.69) is 10.5 Å². The van der Waals surface area contributed by atoms with Crippen LogP contribution in [0.25, 0.3) is 11.3 Å². The lowest BCUT2D eigenvalue weighted by Gasteiger charge is -2.04. The molecule has 0 aliphatic rings. The number of rotatable bonds is 7. The van der Waals surface area contributed by atoms with Gasteiger partial charge in [0.2, 0.25) is 0 Å². The van der Waals surface area contributed by atoms with Crippen molar-refractivity contribution in [1.29, 1.82) is 0 Å². The number of nitrogens with zero attached hydrogens (tertiary/aromatic N) is 2. The monoisotopic (exact) mass is 383 g/mol. The number of hydrazone groups is 1. The molecule has 0 aliphatic carbocycles. The van der Waals surface area contributed by atoms with Crippen LogP contribution in [-0.4, -0.2) is 23.7 Å². The maximum absolute atomic E-state index is 13.0. The summed E-state index contributed by atoms with van der Waals surface area (Å²) in [6.45, 7) is -0.326. The maximum Gasteiger partial charge on any atom is 0.277 e. The Morgan fingerprint density at radius 3 is 2.71 bits per heavy atom. The van der Waals surface area contributed by atoms with Gasteiger partial charge in [0.05, 0.1) is 11.1 Å². The van der Waals surface area contributed by atoms with Crippen LogP contribution in [-0.2, 0) is 4.79 Å². The third-order valence-electron chi connectivity index (χ3n) is 3.54. The summed E-state index contributed by atoms with van der Waals surface area (Å²) in [6.07, 6.45) is 1.30. The number of furan rings is 1. The zero-order chi connectivity index (χ0) is 19.9. The van der Waals surface area contributed by atoms with E-state index in [1.165, 1.54) is 42.6 Å². The van der Waals surface area contributed by atoms with E-state index in [9.17, 15) is 19.3 Å². The standard InChI is InChI=1S/C19H14FN3O5/c20-14-2-1-3-16(10-14)27-12-19(24)22-21-11-17-8-9-18(28-17)13-4-6-15(7-5-13)23(25)26/h1-11H,12H2,(H,22,24)/b21-11-. The molecule has 3 rings (SSSR count). The van der Waals surface area contributed by atoms with Gasteiger partial charge < -0.3 is 9.15 Å². The van der Waals surface area contributed by atoms with Gasteiger partial charge in [-0.1, -0.05) is 6.07 Å². The number of hydrogen-bond donors (Lipinski definition) is 1. The van der Waals surface area contributed by atoms with Crippen molar-refractivity contribution in [1.82, 2.24) is 5.43 Å². The molecule has 2 aromatic carbocycles. The fourth-order valence-electron chi connectivity index (χ4n) is 2.23. The van der Waals surface area contributed by atoms with Crippen LogP contribution in [0.4, 0.5) is 10.1 Å². The minimum absolute atomic E-state index is 0.0136. The summed E-state index contributed by atoms with van der Waals surface area (Å²) in [6, 6.07) is 14.7. The first kappa shape index (κ1) is 18.8. The van der Waals surface area contributed by atoms with Crippen LogP contribution < -0.4 is 10.2 Å². The molecule has 0 saturated carbocycles. The lowest BCUT2D eigenvalue weighted by Crippen LogP contribution is -2.24. The van der Waals surface area contributed by atoms with Crippen molar-refractivity contribution >= 4 is 17.8 Å². The predicted molar refractivity (Wildman–Crippen MR) is 98.4 cm³/mol. The molecule has 1 N–H and O–H groups in total. The molecule has 142 valence electrons. The Kier molecular flexibility index (Phi) is 5.75. The van der Waals surface area contributed by atoms with Gasteiger partial charge in [0.25, 0.3) is 11.6 Å². The van der Waals surface area contributed by atoms with Crippen LogP contribution in [0.5, 0.6) is 5.75 Å². The minimum atomic E-state index is -0.525. The molecule has 0 saturated heterocycles. The minimum Gasteiger partial charge on any atom is -0.484 e. The molecule has 0 atom stereocenters. The van der Waals surface area contributed by atoms with Gasteiger partial charge in [0.1, 0.15) is 23.1 Å². The van der Waals surface area contributed by atoms with E-state index in [1.807, 2.05) is 0 Å². The molecular formula is C19H14FN3O5. The van der Waals surface area contributed by atoms with Crippen molar-refractivity contribution in [2.45, 2.75) is 0 Å². The van der Waals surface area contributed by atoms with Crippen LogP contribution in [0, 0.1) is 15.9 Å². The number of ether oxygens (including phenoxy) is 1. The van der Waals surface area contributed by atoms with Gasteiger partial charge in [-0.15, -0.1) is 0 Å². The molecule has 3 aromatic rings. The lowest BCUT2D eigenvalue weighted by atomic mass is 10.1. The Morgan fingerprint density at radius 1 is 1.21 bits per heavy atom. The van der Waals surface area contributed by atoms with E-state index in [-0.39, 0.29) is 18.0 Å². The second kappa shape index (κ2) is 8.58. The van der Waals surface area contributed by atoms with Crippen LogP contribution in [0.1, 0.15) is 5.76 Å².